The quantitative estimate of drug-likeness (QED) is 0.856. The first-order valence-electron chi connectivity index (χ1n) is 8.14. The number of hydrogen-bond donors (Lipinski definition) is 0. The molecule has 0 aliphatic carbocycles. The highest BCUT2D eigenvalue weighted by molar-refractivity contribution is 5.97. The van der Waals surface area contributed by atoms with Crippen molar-refractivity contribution in [3.05, 3.63) is 29.3 Å². The van der Waals surface area contributed by atoms with Crippen LogP contribution in [-0.2, 0) is 4.79 Å². The number of carbonyl (C=O) groups excluding carboxylic acids is 2. The molecule has 2 rings (SSSR count). The largest absolute Gasteiger partial charge is 0.496 e. The number of ether oxygens (including phenoxy) is 1. The molecule has 0 bridgehead atoms. The Morgan fingerprint density at radius 3 is 2.30 bits per heavy atom. The molecule has 0 unspecified atom stereocenters. The first kappa shape index (κ1) is 17.3. The van der Waals surface area contributed by atoms with Gasteiger partial charge in [0.25, 0.3) is 5.91 Å². The average molecular weight is 318 g/mol. The number of hydrogen-bond acceptors (Lipinski definition) is 3. The van der Waals surface area contributed by atoms with Gasteiger partial charge in [0.2, 0.25) is 5.91 Å². The number of aryl methyl sites for hydroxylation is 1. The maximum Gasteiger partial charge on any atom is 0.257 e. The molecule has 1 saturated heterocycles. The van der Waals surface area contributed by atoms with Gasteiger partial charge in [-0.2, -0.15) is 0 Å². The van der Waals surface area contributed by atoms with Crippen LogP contribution < -0.4 is 4.74 Å². The average Bonchev–Trinajstić information content (AvgIpc) is 2.53. The van der Waals surface area contributed by atoms with E-state index in [9.17, 15) is 9.59 Å². The standard InChI is InChI=1S/C18H26N2O3/c1-13(2)11-17(21)19-7-9-20(10-8-19)18(22)15-12-14(3)5-6-16(15)23-4/h5-6,12-13H,7-11H2,1-4H3. The number of rotatable bonds is 4. The highest BCUT2D eigenvalue weighted by Gasteiger charge is 2.26. The Kier molecular flexibility index (Phi) is 5.64. The Balaban J connectivity index is 2.01. The molecule has 0 spiro atoms. The Morgan fingerprint density at radius 2 is 1.74 bits per heavy atom. The van der Waals surface area contributed by atoms with Crippen molar-refractivity contribution in [3.8, 4) is 5.75 Å². The van der Waals surface area contributed by atoms with Crippen molar-refractivity contribution in [2.45, 2.75) is 27.2 Å². The first-order valence-corrected chi connectivity index (χ1v) is 8.14. The predicted molar refractivity (Wildman–Crippen MR) is 89.7 cm³/mol. The van der Waals surface area contributed by atoms with E-state index in [1.54, 1.807) is 12.0 Å². The van der Waals surface area contributed by atoms with Gasteiger partial charge in [0.05, 0.1) is 12.7 Å². The Bertz CT molecular complexity index is 576. The minimum atomic E-state index is -0.0264. The van der Waals surface area contributed by atoms with E-state index in [1.165, 1.54) is 0 Å². The van der Waals surface area contributed by atoms with Gasteiger partial charge in [-0.3, -0.25) is 9.59 Å². The molecule has 0 radical (unpaired) electrons. The normalized spacial score (nSPS) is 15.0. The number of methoxy groups -OCH3 is 1. The number of nitrogens with zero attached hydrogens (tertiary/aromatic N) is 2. The van der Waals surface area contributed by atoms with Gasteiger partial charge in [0.15, 0.2) is 0 Å². The molecule has 1 fully saturated rings. The lowest BCUT2D eigenvalue weighted by atomic mass is 10.1. The van der Waals surface area contributed by atoms with E-state index in [1.807, 2.05) is 43.9 Å². The molecular weight excluding hydrogens is 292 g/mol. The maximum atomic E-state index is 12.7. The second-order valence-electron chi connectivity index (χ2n) is 6.47. The summed E-state index contributed by atoms with van der Waals surface area (Å²) in [6.07, 6.45) is 0.569. The molecule has 1 aromatic carbocycles. The van der Waals surface area contributed by atoms with Crippen molar-refractivity contribution in [3.63, 3.8) is 0 Å². The van der Waals surface area contributed by atoms with Crippen molar-refractivity contribution >= 4 is 11.8 Å². The van der Waals surface area contributed by atoms with E-state index in [0.29, 0.717) is 49.8 Å². The molecule has 0 aromatic heterocycles. The van der Waals surface area contributed by atoms with E-state index in [0.717, 1.165) is 5.56 Å². The van der Waals surface area contributed by atoms with Gasteiger partial charge in [-0.05, 0) is 25.0 Å². The lowest BCUT2D eigenvalue weighted by Gasteiger charge is -2.35. The van der Waals surface area contributed by atoms with E-state index in [-0.39, 0.29) is 11.8 Å². The van der Waals surface area contributed by atoms with Crippen LogP contribution in [0, 0.1) is 12.8 Å². The van der Waals surface area contributed by atoms with Gasteiger partial charge in [-0.15, -0.1) is 0 Å². The zero-order valence-corrected chi connectivity index (χ0v) is 14.5. The Morgan fingerprint density at radius 1 is 1.13 bits per heavy atom. The van der Waals surface area contributed by atoms with Crippen molar-refractivity contribution in [2.24, 2.45) is 5.92 Å². The topological polar surface area (TPSA) is 49.9 Å². The van der Waals surface area contributed by atoms with Gasteiger partial charge >= 0.3 is 0 Å². The van der Waals surface area contributed by atoms with Crippen LogP contribution in [0.25, 0.3) is 0 Å². The van der Waals surface area contributed by atoms with E-state index < -0.39 is 0 Å². The molecule has 1 heterocycles. The highest BCUT2D eigenvalue weighted by Crippen LogP contribution is 2.22. The molecule has 23 heavy (non-hydrogen) atoms. The SMILES string of the molecule is COc1ccc(C)cc1C(=O)N1CCN(C(=O)CC(C)C)CC1. The first-order chi connectivity index (χ1) is 10.9. The molecule has 2 amide bonds. The molecule has 0 saturated carbocycles. The van der Waals surface area contributed by atoms with Crippen LogP contribution in [0.3, 0.4) is 0 Å². The highest BCUT2D eigenvalue weighted by atomic mass is 16.5. The fourth-order valence-electron chi connectivity index (χ4n) is 2.80. The summed E-state index contributed by atoms with van der Waals surface area (Å²) in [4.78, 5) is 28.5. The van der Waals surface area contributed by atoms with Crippen molar-refractivity contribution in [1.82, 2.24) is 9.80 Å². The summed E-state index contributed by atoms with van der Waals surface area (Å²) in [7, 11) is 1.57. The third-order valence-electron chi connectivity index (χ3n) is 4.09. The summed E-state index contributed by atoms with van der Waals surface area (Å²) in [6, 6.07) is 5.61. The van der Waals surface area contributed by atoms with Crippen LogP contribution in [-0.4, -0.2) is 54.9 Å². The molecule has 5 heteroatoms. The lowest BCUT2D eigenvalue weighted by Crippen LogP contribution is -2.50. The molecular formula is C18H26N2O3. The molecule has 5 nitrogen and oxygen atoms in total. The van der Waals surface area contributed by atoms with Crippen LogP contribution >= 0.6 is 0 Å². The van der Waals surface area contributed by atoms with Gasteiger partial charge in [0.1, 0.15) is 5.75 Å². The fraction of sp³-hybridized carbons (Fsp3) is 0.556. The van der Waals surface area contributed by atoms with Gasteiger partial charge in [0, 0.05) is 32.6 Å². The minimum absolute atomic E-state index is 0.0264. The van der Waals surface area contributed by atoms with Crippen LogP contribution in [0.5, 0.6) is 5.75 Å². The van der Waals surface area contributed by atoms with Crippen LogP contribution in [0.2, 0.25) is 0 Å². The van der Waals surface area contributed by atoms with Crippen LogP contribution in [0.1, 0.15) is 36.2 Å². The lowest BCUT2D eigenvalue weighted by molar-refractivity contribution is -0.133. The summed E-state index contributed by atoms with van der Waals surface area (Å²) < 4.78 is 5.30. The predicted octanol–water partition coefficient (Wildman–Crippen LogP) is 2.33. The number of carbonyl (C=O) groups is 2. The summed E-state index contributed by atoms with van der Waals surface area (Å²) in [5, 5.41) is 0. The van der Waals surface area contributed by atoms with Gasteiger partial charge < -0.3 is 14.5 Å². The smallest absolute Gasteiger partial charge is 0.257 e. The van der Waals surface area contributed by atoms with E-state index in [2.05, 4.69) is 0 Å². The fourth-order valence-corrected chi connectivity index (χ4v) is 2.80. The zero-order valence-electron chi connectivity index (χ0n) is 14.5. The molecule has 1 aromatic rings. The van der Waals surface area contributed by atoms with Crippen molar-refractivity contribution in [1.29, 1.82) is 0 Å². The van der Waals surface area contributed by atoms with Gasteiger partial charge in [-0.1, -0.05) is 25.5 Å². The molecule has 1 aliphatic heterocycles. The summed E-state index contributed by atoms with van der Waals surface area (Å²) >= 11 is 0. The summed E-state index contributed by atoms with van der Waals surface area (Å²) in [5.41, 5.74) is 1.62. The molecule has 1 aliphatic rings. The number of piperazine rings is 1. The minimum Gasteiger partial charge on any atom is -0.496 e. The zero-order chi connectivity index (χ0) is 17.0. The second kappa shape index (κ2) is 7.49. The van der Waals surface area contributed by atoms with Crippen LogP contribution in [0.15, 0.2) is 18.2 Å². The monoisotopic (exact) mass is 318 g/mol. The third kappa shape index (κ3) is 4.24. The number of benzene rings is 1. The summed E-state index contributed by atoms with van der Waals surface area (Å²) in [5.74, 6) is 1.11. The van der Waals surface area contributed by atoms with Crippen LogP contribution in [0.4, 0.5) is 0 Å². The van der Waals surface area contributed by atoms with E-state index >= 15 is 0 Å². The Labute approximate surface area is 138 Å². The summed E-state index contributed by atoms with van der Waals surface area (Å²) in [6.45, 7) is 8.39. The van der Waals surface area contributed by atoms with Crippen molar-refractivity contribution < 1.29 is 14.3 Å². The maximum absolute atomic E-state index is 12.7. The molecule has 0 atom stereocenters. The number of amides is 2. The van der Waals surface area contributed by atoms with E-state index in [4.69, 9.17) is 4.74 Å². The second-order valence-corrected chi connectivity index (χ2v) is 6.47. The Hall–Kier alpha value is -2.04. The van der Waals surface area contributed by atoms with Crippen molar-refractivity contribution in [2.75, 3.05) is 33.3 Å². The molecule has 126 valence electrons. The molecule has 0 N–H and O–H groups in total. The van der Waals surface area contributed by atoms with Gasteiger partial charge in [-0.25, -0.2) is 0 Å². The third-order valence-corrected chi connectivity index (χ3v) is 4.09.